The van der Waals surface area contributed by atoms with Crippen LogP contribution in [0.5, 0.6) is 11.5 Å². The van der Waals surface area contributed by atoms with Crippen molar-refractivity contribution in [3.63, 3.8) is 0 Å². The van der Waals surface area contributed by atoms with E-state index in [1.165, 1.54) is 62.8 Å². The summed E-state index contributed by atoms with van der Waals surface area (Å²) in [6.45, 7) is 10.5. The van der Waals surface area contributed by atoms with Gasteiger partial charge in [0.25, 0.3) is 0 Å². The maximum absolute atomic E-state index is 13.5. The van der Waals surface area contributed by atoms with Crippen LogP contribution < -0.4 is 20.9 Å². The van der Waals surface area contributed by atoms with Gasteiger partial charge in [-0.3, -0.25) is 9.59 Å². The van der Waals surface area contributed by atoms with Crippen molar-refractivity contribution in [3.8, 4) is 11.5 Å². The number of carbonyl (C=O) groups excluding carboxylic acids is 2. The molecule has 2 saturated carbocycles. The molecule has 364 valence electrons. The number of hydrogen-bond acceptors (Lipinski definition) is 10. The van der Waals surface area contributed by atoms with Gasteiger partial charge in [-0.05, 0) is 167 Å². The lowest BCUT2D eigenvalue weighted by atomic mass is 9.82. The third-order valence-corrected chi connectivity index (χ3v) is 13.3. The molecule has 6 N–H and O–H groups in total. The number of carbonyl (C=O) groups is 2. The number of hydrogen-bond donors (Lipinski definition) is 4. The van der Waals surface area contributed by atoms with Gasteiger partial charge in [0, 0.05) is 31.0 Å². The first kappa shape index (κ1) is 53.0. The van der Waals surface area contributed by atoms with Crippen molar-refractivity contribution in [2.75, 3.05) is 37.9 Å². The number of unbranched alkanes of at least 4 members (excludes halogenated alkanes) is 8. The van der Waals surface area contributed by atoms with E-state index in [9.17, 15) is 19.8 Å². The molecule has 10 heteroatoms. The van der Waals surface area contributed by atoms with Crippen molar-refractivity contribution in [3.05, 3.63) is 121 Å². The molecule has 1 unspecified atom stereocenters. The van der Waals surface area contributed by atoms with Crippen LogP contribution in [-0.2, 0) is 19.1 Å². The van der Waals surface area contributed by atoms with Crippen LogP contribution in [0.3, 0.4) is 0 Å². The molecular formula is C57H78N2O8. The molecule has 0 aliphatic heterocycles. The van der Waals surface area contributed by atoms with E-state index in [1.54, 1.807) is 24.3 Å². The molecule has 5 rings (SSSR count). The Morgan fingerprint density at radius 3 is 1.55 bits per heavy atom. The van der Waals surface area contributed by atoms with Gasteiger partial charge in [0.15, 0.2) is 5.78 Å². The fourth-order valence-corrected chi connectivity index (χ4v) is 9.00. The van der Waals surface area contributed by atoms with Crippen LogP contribution in [0.15, 0.2) is 104 Å². The Balaban J connectivity index is 1.06. The number of ether oxygens (including phenoxy) is 4. The highest BCUT2D eigenvalue weighted by molar-refractivity contribution is 6.01. The van der Waals surface area contributed by atoms with Crippen molar-refractivity contribution >= 4 is 35.1 Å². The first-order valence-electron chi connectivity index (χ1n) is 25.0. The minimum Gasteiger partial charge on any atom is -0.493 e. The van der Waals surface area contributed by atoms with Crippen molar-refractivity contribution < 1.29 is 38.7 Å². The van der Waals surface area contributed by atoms with E-state index in [1.807, 2.05) is 48.6 Å². The average molecular weight is 919 g/mol. The summed E-state index contributed by atoms with van der Waals surface area (Å²) < 4.78 is 24.5. The molecule has 2 aliphatic rings. The Morgan fingerprint density at radius 1 is 0.627 bits per heavy atom. The van der Waals surface area contributed by atoms with Gasteiger partial charge in [-0.25, -0.2) is 0 Å². The van der Waals surface area contributed by atoms with Gasteiger partial charge in [-0.1, -0.05) is 80.3 Å². The number of nitrogens with two attached hydrogens (primary N) is 2. The lowest BCUT2D eigenvalue weighted by Gasteiger charge is -2.30. The van der Waals surface area contributed by atoms with Crippen molar-refractivity contribution in [1.82, 2.24) is 0 Å². The Kier molecular flexibility index (Phi) is 22.9. The lowest BCUT2D eigenvalue weighted by molar-refractivity contribution is -0.187. The van der Waals surface area contributed by atoms with Gasteiger partial charge < -0.3 is 40.6 Å². The summed E-state index contributed by atoms with van der Waals surface area (Å²) in [6.07, 6.45) is 30.1. The predicted octanol–water partition coefficient (Wildman–Crippen LogP) is 11.8. The quantitative estimate of drug-likeness (QED) is 0.0161. The zero-order chi connectivity index (χ0) is 47.7. The van der Waals surface area contributed by atoms with Crippen LogP contribution >= 0.6 is 0 Å². The molecule has 2 aliphatic carbocycles. The first-order valence-corrected chi connectivity index (χ1v) is 25.0. The molecule has 0 spiro atoms. The van der Waals surface area contributed by atoms with Crippen LogP contribution in [-0.4, -0.2) is 66.2 Å². The van der Waals surface area contributed by atoms with Gasteiger partial charge in [-0.15, -0.1) is 13.2 Å². The maximum atomic E-state index is 13.5. The summed E-state index contributed by atoms with van der Waals surface area (Å²) >= 11 is 0. The summed E-state index contributed by atoms with van der Waals surface area (Å²) in [6, 6.07) is 19.3. The van der Waals surface area contributed by atoms with Crippen molar-refractivity contribution in [1.29, 1.82) is 0 Å². The average Bonchev–Trinajstić information content (AvgIpc) is 3.34. The van der Waals surface area contributed by atoms with E-state index >= 15 is 0 Å². The van der Waals surface area contributed by atoms with Gasteiger partial charge in [0.1, 0.15) is 11.5 Å². The summed E-state index contributed by atoms with van der Waals surface area (Å²) in [5.41, 5.74) is 14.4. The van der Waals surface area contributed by atoms with Crippen LogP contribution in [0, 0.1) is 11.8 Å². The number of benzene rings is 3. The van der Waals surface area contributed by atoms with E-state index in [-0.39, 0.29) is 11.3 Å². The van der Waals surface area contributed by atoms with Crippen LogP contribution in [0.4, 0.5) is 11.4 Å². The molecule has 0 aromatic heterocycles. The number of ketones is 2. The van der Waals surface area contributed by atoms with E-state index in [0.717, 1.165) is 113 Å². The number of nitrogen functional groups attached to an aromatic ring is 2. The zero-order valence-corrected chi connectivity index (χ0v) is 39.9. The fraction of sp³-hybridized carbons (Fsp3) is 0.509. The van der Waals surface area contributed by atoms with Gasteiger partial charge in [0.2, 0.25) is 11.6 Å². The number of allylic oxidation sites excluding steroid dienone is 3. The van der Waals surface area contributed by atoms with Gasteiger partial charge in [0.05, 0.1) is 31.3 Å². The Labute approximate surface area is 400 Å². The SMILES string of the molecule is C=CCCCCCCOC1CCC(COc2ccc(/C=C/C(=O)CC(c3ccc(N)cc3N)C(O)(O)C(=O)/C=C/c3ccc(OCC4CCC(OCCCCCCC=C)CC4)cc3)cc2)CC1. The molecule has 10 nitrogen and oxygen atoms in total. The van der Waals surface area contributed by atoms with Crippen molar-refractivity contribution in [2.45, 2.75) is 146 Å². The number of rotatable bonds is 31. The molecule has 0 saturated heterocycles. The highest BCUT2D eigenvalue weighted by atomic mass is 16.5. The van der Waals surface area contributed by atoms with Gasteiger partial charge in [-0.2, -0.15) is 0 Å². The summed E-state index contributed by atoms with van der Waals surface area (Å²) in [4.78, 5) is 27.0. The van der Waals surface area contributed by atoms with E-state index in [4.69, 9.17) is 30.4 Å². The molecule has 2 fully saturated rings. The summed E-state index contributed by atoms with van der Waals surface area (Å²) in [5, 5.41) is 22.9. The molecular weight excluding hydrogens is 841 g/mol. The fourth-order valence-electron chi connectivity index (χ4n) is 9.00. The highest BCUT2D eigenvalue weighted by Crippen LogP contribution is 2.36. The largest absolute Gasteiger partial charge is 0.493 e. The number of anilines is 2. The second-order valence-corrected chi connectivity index (χ2v) is 18.6. The van der Waals surface area contributed by atoms with E-state index in [2.05, 4.69) is 13.2 Å². The maximum Gasteiger partial charge on any atom is 0.235 e. The van der Waals surface area contributed by atoms with E-state index in [0.29, 0.717) is 48.5 Å². The van der Waals surface area contributed by atoms with E-state index < -0.39 is 29.7 Å². The van der Waals surface area contributed by atoms with Gasteiger partial charge >= 0.3 is 0 Å². The molecule has 3 aromatic carbocycles. The lowest BCUT2D eigenvalue weighted by Crippen LogP contribution is -2.44. The normalized spacial score (nSPS) is 19.3. The van der Waals surface area contributed by atoms with Crippen LogP contribution in [0.25, 0.3) is 12.2 Å². The minimum absolute atomic E-state index is 0.141. The third kappa shape index (κ3) is 18.9. The Morgan fingerprint density at radius 2 is 1.09 bits per heavy atom. The second-order valence-electron chi connectivity index (χ2n) is 18.6. The molecule has 0 amide bonds. The molecule has 0 heterocycles. The first-order chi connectivity index (χ1) is 32.5. The monoisotopic (exact) mass is 919 g/mol. The predicted molar refractivity (Wildman–Crippen MR) is 272 cm³/mol. The standard InChI is InChI=1S/C57H78N2O8/c1-3-5-7-9-11-13-37-64-49-31-20-45(21-32-49)41-66-51-27-16-43(17-28-51)15-26-48(60)40-54(53-35-25-47(58)39-55(53)59)57(62,63)56(61)36-24-44-18-29-52(30-19-44)67-42-46-22-33-50(34-23-46)65-38-14-12-10-8-6-4-2/h3-4,15-19,24-30,35-36,39,45-46,49-50,54,62-63H,1-2,5-14,20-23,31-34,37-38,40-42,58-59H2/b26-15+,36-24+. The molecule has 0 radical (unpaired) electrons. The van der Waals surface area contributed by atoms with Crippen LogP contribution in [0.1, 0.15) is 145 Å². The molecule has 3 aromatic rings. The topological polar surface area (TPSA) is 164 Å². The minimum atomic E-state index is -2.96. The second kappa shape index (κ2) is 29.0. The third-order valence-electron chi connectivity index (χ3n) is 13.3. The number of aliphatic hydroxyl groups is 2. The molecule has 67 heavy (non-hydrogen) atoms. The zero-order valence-electron chi connectivity index (χ0n) is 39.9. The Bertz CT molecular complexity index is 1990. The molecule has 1 atom stereocenters. The van der Waals surface area contributed by atoms with Crippen LogP contribution in [0.2, 0.25) is 0 Å². The molecule has 0 bridgehead atoms. The Hall–Kier alpha value is -5.00. The summed E-state index contributed by atoms with van der Waals surface area (Å²) in [5.74, 6) is -3.32. The highest BCUT2D eigenvalue weighted by Gasteiger charge is 2.43. The van der Waals surface area contributed by atoms with Crippen molar-refractivity contribution in [2.24, 2.45) is 11.8 Å². The summed E-state index contributed by atoms with van der Waals surface area (Å²) in [7, 11) is 0. The smallest absolute Gasteiger partial charge is 0.235 e.